The smallest absolute Gasteiger partial charge is 0.141 e. The number of ether oxygens (including phenoxy) is 1. The van der Waals surface area contributed by atoms with Crippen LogP contribution in [0.15, 0.2) is 41.1 Å². The van der Waals surface area contributed by atoms with Crippen LogP contribution in [0.25, 0.3) is 0 Å². The molecule has 0 unspecified atom stereocenters. The van der Waals surface area contributed by atoms with E-state index in [-0.39, 0.29) is 0 Å². The van der Waals surface area contributed by atoms with Crippen molar-refractivity contribution in [3.8, 4) is 5.75 Å². The molecule has 1 heterocycles. The topological polar surface area (TPSA) is 60.2 Å². The molecule has 2 aromatic rings. The maximum absolute atomic E-state index is 5.86. The van der Waals surface area contributed by atoms with Crippen LogP contribution >= 0.6 is 15.9 Å². The summed E-state index contributed by atoms with van der Waals surface area (Å²) in [7, 11) is 1.61. The van der Waals surface area contributed by atoms with Gasteiger partial charge in [0.2, 0.25) is 0 Å². The van der Waals surface area contributed by atoms with Crippen LogP contribution in [0.2, 0.25) is 0 Å². The number of benzene rings is 1. The van der Waals surface area contributed by atoms with Crippen molar-refractivity contribution >= 4 is 27.3 Å². The van der Waals surface area contributed by atoms with E-state index in [1.54, 1.807) is 19.5 Å². The minimum Gasteiger partial charge on any atom is -0.495 e. The molecule has 2 rings (SSSR count). The third-order valence-corrected chi connectivity index (χ3v) is 3.18. The van der Waals surface area contributed by atoms with Crippen LogP contribution in [0.4, 0.5) is 11.4 Å². The Labute approximate surface area is 114 Å². The Balaban J connectivity index is 2.07. The van der Waals surface area contributed by atoms with Gasteiger partial charge >= 0.3 is 0 Å². The van der Waals surface area contributed by atoms with Crippen LogP contribution in [-0.4, -0.2) is 12.1 Å². The zero-order chi connectivity index (χ0) is 13.0. The highest BCUT2D eigenvalue weighted by Crippen LogP contribution is 2.24. The van der Waals surface area contributed by atoms with E-state index >= 15 is 0 Å². The van der Waals surface area contributed by atoms with E-state index in [2.05, 4.69) is 26.2 Å². The summed E-state index contributed by atoms with van der Waals surface area (Å²) in [6, 6.07) is 7.67. The number of anilines is 2. The average molecular weight is 308 g/mol. The molecule has 0 aliphatic carbocycles. The minimum absolute atomic E-state index is 0.644. The second kappa shape index (κ2) is 5.73. The van der Waals surface area contributed by atoms with Gasteiger partial charge < -0.3 is 15.8 Å². The van der Waals surface area contributed by atoms with Crippen molar-refractivity contribution in [2.75, 3.05) is 18.2 Å². The lowest BCUT2D eigenvalue weighted by Gasteiger charge is -2.10. The van der Waals surface area contributed by atoms with Crippen LogP contribution in [0.1, 0.15) is 5.56 Å². The summed E-state index contributed by atoms with van der Waals surface area (Å²) in [5.41, 5.74) is 8.60. The molecule has 0 saturated heterocycles. The first-order valence-corrected chi connectivity index (χ1v) is 6.26. The number of methoxy groups -OCH3 is 1. The molecule has 0 fully saturated rings. The van der Waals surface area contributed by atoms with E-state index < -0.39 is 0 Å². The van der Waals surface area contributed by atoms with Crippen molar-refractivity contribution in [2.24, 2.45) is 0 Å². The van der Waals surface area contributed by atoms with E-state index in [1.807, 2.05) is 24.3 Å². The number of nitrogen functional groups attached to an aromatic ring is 1. The summed E-state index contributed by atoms with van der Waals surface area (Å²) in [5.74, 6) is 0.698. The number of rotatable bonds is 4. The Morgan fingerprint density at radius 3 is 2.89 bits per heavy atom. The maximum atomic E-state index is 5.86. The molecular formula is C13H14BrN3O. The second-order valence-corrected chi connectivity index (χ2v) is 4.64. The van der Waals surface area contributed by atoms with Crippen molar-refractivity contribution < 1.29 is 4.74 Å². The number of pyridine rings is 1. The molecule has 0 saturated carbocycles. The number of halogens is 1. The second-order valence-electron chi connectivity index (χ2n) is 3.79. The number of nitrogens with two attached hydrogens (primary N) is 1. The first-order chi connectivity index (χ1) is 8.70. The quantitative estimate of drug-likeness (QED) is 0.852. The van der Waals surface area contributed by atoms with Gasteiger partial charge in [0.05, 0.1) is 23.0 Å². The lowest BCUT2D eigenvalue weighted by atomic mass is 10.2. The summed E-state index contributed by atoms with van der Waals surface area (Å²) >= 11 is 3.44. The molecule has 0 amide bonds. The SMILES string of the molecule is COc1ccc(CNc2ccncc2Br)cc1N. The van der Waals surface area contributed by atoms with Crippen LogP contribution in [0.3, 0.4) is 0 Å². The molecule has 0 aliphatic heterocycles. The molecule has 0 spiro atoms. The Morgan fingerprint density at radius 1 is 1.39 bits per heavy atom. The molecule has 4 nitrogen and oxygen atoms in total. The van der Waals surface area contributed by atoms with E-state index in [4.69, 9.17) is 10.5 Å². The molecule has 1 aromatic heterocycles. The number of hydrogen-bond acceptors (Lipinski definition) is 4. The third kappa shape index (κ3) is 2.92. The molecule has 3 N–H and O–H groups in total. The summed E-state index contributed by atoms with van der Waals surface area (Å²) < 4.78 is 6.06. The largest absolute Gasteiger partial charge is 0.495 e. The number of aromatic nitrogens is 1. The molecular weight excluding hydrogens is 294 g/mol. The van der Waals surface area contributed by atoms with E-state index in [0.717, 1.165) is 15.7 Å². The average Bonchev–Trinajstić information content (AvgIpc) is 2.38. The lowest BCUT2D eigenvalue weighted by Crippen LogP contribution is -2.01. The Morgan fingerprint density at radius 2 is 2.22 bits per heavy atom. The molecule has 94 valence electrons. The molecule has 18 heavy (non-hydrogen) atoms. The van der Waals surface area contributed by atoms with Crippen LogP contribution in [-0.2, 0) is 6.54 Å². The van der Waals surface area contributed by atoms with Gasteiger partial charge in [-0.3, -0.25) is 4.98 Å². The number of nitrogens with one attached hydrogen (secondary N) is 1. The van der Waals surface area contributed by atoms with Gasteiger partial charge in [0.1, 0.15) is 5.75 Å². The third-order valence-electron chi connectivity index (χ3n) is 2.55. The fourth-order valence-corrected chi connectivity index (χ4v) is 2.00. The Kier molecular flexibility index (Phi) is 4.04. The Hall–Kier alpha value is -1.75. The predicted molar refractivity (Wildman–Crippen MR) is 76.7 cm³/mol. The van der Waals surface area contributed by atoms with Gasteiger partial charge in [0, 0.05) is 18.9 Å². The first kappa shape index (κ1) is 12.7. The molecule has 0 radical (unpaired) electrons. The monoisotopic (exact) mass is 307 g/mol. The first-order valence-electron chi connectivity index (χ1n) is 5.46. The van der Waals surface area contributed by atoms with Crippen molar-refractivity contribution in [3.05, 3.63) is 46.7 Å². The number of nitrogens with zero attached hydrogens (tertiary/aromatic N) is 1. The van der Waals surface area contributed by atoms with Gasteiger partial charge in [-0.1, -0.05) is 6.07 Å². The summed E-state index contributed by atoms with van der Waals surface area (Å²) in [6.07, 6.45) is 3.50. The van der Waals surface area contributed by atoms with E-state index in [9.17, 15) is 0 Å². The van der Waals surface area contributed by atoms with Crippen LogP contribution < -0.4 is 15.8 Å². The van der Waals surface area contributed by atoms with Crippen molar-refractivity contribution in [1.82, 2.24) is 4.98 Å². The minimum atomic E-state index is 0.644. The highest BCUT2D eigenvalue weighted by Gasteiger charge is 2.02. The van der Waals surface area contributed by atoms with Gasteiger partial charge in [-0.2, -0.15) is 0 Å². The molecule has 0 bridgehead atoms. The van der Waals surface area contributed by atoms with Gasteiger partial charge in [0.15, 0.2) is 0 Å². The molecule has 1 aromatic carbocycles. The summed E-state index contributed by atoms with van der Waals surface area (Å²) in [6.45, 7) is 0.691. The molecule has 0 atom stereocenters. The van der Waals surface area contributed by atoms with E-state index in [0.29, 0.717) is 18.0 Å². The van der Waals surface area contributed by atoms with Crippen molar-refractivity contribution in [3.63, 3.8) is 0 Å². The number of hydrogen-bond donors (Lipinski definition) is 2. The lowest BCUT2D eigenvalue weighted by molar-refractivity contribution is 0.417. The van der Waals surface area contributed by atoms with Gasteiger partial charge in [-0.15, -0.1) is 0 Å². The van der Waals surface area contributed by atoms with Crippen LogP contribution in [0, 0.1) is 0 Å². The van der Waals surface area contributed by atoms with Crippen LogP contribution in [0.5, 0.6) is 5.75 Å². The van der Waals surface area contributed by atoms with Gasteiger partial charge in [-0.05, 0) is 39.7 Å². The summed E-state index contributed by atoms with van der Waals surface area (Å²) in [5, 5.41) is 3.31. The predicted octanol–water partition coefficient (Wildman–Crippen LogP) is 3.05. The maximum Gasteiger partial charge on any atom is 0.141 e. The molecule has 0 aliphatic rings. The van der Waals surface area contributed by atoms with Crippen molar-refractivity contribution in [2.45, 2.75) is 6.54 Å². The van der Waals surface area contributed by atoms with Crippen molar-refractivity contribution in [1.29, 1.82) is 0 Å². The highest BCUT2D eigenvalue weighted by molar-refractivity contribution is 9.10. The standard InChI is InChI=1S/C13H14BrN3O/c1-18-13-3-2-9(6-11(13)15)7-17-12-4-5-16-8-10(12)14/h2-6,8H,7,15H2,1H3,(H,16,17). The fraction of sp³-hybridized carbons (Fsp3) is 0.154. The normalized spacial score (nSPS) is 10.1. The van der Waals surface area contributed by atoms with Gasteiger partial charge in [-0.25, -0.2) is 0 Å². The fourth-order valence-electron chi connectivity index (χ4n) is 1.61. The summed E-state index contributed by atoms with van der Waals surface area (Å²) in [4.78, 5) is 4.01. The molecule has 5 heteroatoms. The van der Waals surface area contributed by atoms with E-state index in [1.165, 1.54) is 0 Å². The van der Waals surface area contributed by atoms with Gasteiger partial charge in [0.25, 0.3) is 0 Å². The Bertz CT molecular complexity index is 546. The zero-order valence-corrected chi connectivity index (χ0v) is 11.6. The zero-order valence-electron chi connectivity index (χ0n) is 9.98. The highest BCUT2D eigenvalue weighted by atomic mass is 79.9.